The highest BCUT2D eigenvalue weighted by Gasteiger charge is 2.23. The number of rotatable bonds is 9. The SMILES string of the molecule is COc1c(NC(=O)c2ccc(Cl)c(Oc3cc(NC4CCNCC4)ncn3)c2)cc(C(C)(C)C)cc1NS(C)(=O)=O. The summed E-state index contributed by atoms with van der Waals surface area (Å²) in [6.07, 6.45) is 4.42. The van der Waals surface area contributed by atoms with Crippen LogP contribution in [0.5, 0.6) is 17.4 Å². The minimum absolute atomic E-state index is 0.178. The van der Waals surface area contributed by atoms with Crippen molar-refractivity contribution in [2.24, 2.45) is 0 Å². The van der Waals surface area contributed by atoms with Gasteiger partial charge in [-0.05, 0) is 67.2 Å². The number of nitrogens with one attached hydrogen (secondary N) is 4. The van der Waals surface area contributed by atoms with Crippen LogP contribution in [0.15, 0.2) is 42.7 Å². The van der Waals surface area contributed by atoms with Crippen LogP contribution in [0.3, 0.4) is 0 Å². The van der Waals surface area contributed by atoms with Gasteiger partial charge in [0.2, 0.25) is 15.9 Å². The van der Waals surface area contributed by atoms with E-state index in [4.69, 9.17) is 21.1 Å². The summed E-state index contributed by atoms with van der Waals surface area (Å²) < 4.78 is 38.0. The van der Waals surface area contributed by atoms with Gasteiger partial charge in [0.25, 0.3) is 5.91 Å². The number of sulfonamides is 1. The van der Waals surface area contributed by atoms with Crippen molar-refractivity contribution in [3.63, 3.8) is 0 Å². The molecule has 13 heteroatoms. The van der Waals surface area contributed by atoms with E-state index in [0.29, 0.717) is 22.6 Å². The summed E-state index contributed by atoms with van der Waals surface area (Å²) in [6, 6.07) is 10.1. The summed E-state index contributed by atoms with van der Waals surface area (Å²) in [6.45, 7) is 7.83. The van der Waals surface area contributed by atoms with Gasteiger partial charge in [0.05, 0.1) is 29.8 Å². The predicted molar refractivity (Wildman–Crippen MR) is 161 cm³/mol. The molecule has 1 saturated heterocycles. The Bertz CT molecular complexity index is 1520. The van der Waals surface area contributed by atoms with Crippen molar-refractivity contribution >= 4 is 44.7 Å². The topological polar surface area (TPSA) is 144 Å². The fourth-order valence-electron chi connectivity index (χ4n) is 4.33. The summed E-state index contributed by atoms with van der Waals surface area (Å²) in [5.74, 6) is 0.845. The van der Waals surface area contributed by atoms with Crippen LogP contribution in [-0.4, -0.2) is 56.8 Å². The summed E-state index contributed by atoms with van der Waals surface area (Å²) in [5.41, 5.74) is 1.22. The van der Waals surface area contributed by atoms with Crippen molar-refractivity contribution in [3.8, 4) is 17.4 Å². The van der Waals surface area contributed by atoms with E-state index in [-0.39, 0.29) is 34.0 Å². The molecule has 4 rings (SSSR count). The quantitative estimate of drug-likeness (QED) is 0.265. The molecule has 1 aliphatic heterocycles. The average molecular weight is 603 g/mol. The fraction of sp³-hybridized carbons (Fsp3) is 0.393. The van der Waals surface area contributed by atoms with Gasteiger partial charge in [0, 0.05) is 17.7 Å². The van der Waals surface area contributed by atoms with Gasteiger partial charge in [-0.1, -0.05) is 32.4 Å². The Hall–Kier alpha value is -3.61. The number of hydrogen-bond donors (Lipinski definition) is 4. The fourth-order valence-corrected chi connectivity index (χ4v) is 5.04. The van der Waals surface area contributed by atoms with Gasteiger partial charge in [-0.2, -0.15) is 0 Å². The van der Waals surface area contributed by atoms with Gasteiger partial charge in [-0.3, -0.25) is 9.52 Å². The van der Waals surface area contributed by atoms with Crippen LogP contribution >= 0.6 is 11.6 Å². The minimum Gasteiger partial charge on any atom is -0.492 e. The van der Waals surface area contributed by atoms with E-state index in [9.17, 15) is 13.2 Å². The van der Waals surface area contributed by atoms with Crippen LogP contribution in [-0.2, 0) is 15.4 Å². The van der Waals surface area contributed by atoms with Crippen molar-refractivity contribution in [1.82, 2.24) is 15.3 Å². The maximum atomic E-state index is 13.4. The van der Waals surface area contributed by atoms with Crippen molar-refractivity contribution < 1.29 is 22.7 Å². The Kier molecular flexibility index (Phi) is 9.25. The number of benzene rings is 2. The number of amides is 1. The number of aromatic nitrogens is 2. The maximum Gasteiger partial charge on any atom is 0.255 e. The lowest BCUT2D eigenvalue weighted by atomic mass is 9.86. The molecule has 1 aromatic heterocycles. The molecular formula is C28H35ClN6O5S. The zero-order valence-electron chi connectivity index (χ0n) is 23.7. The number of nitrogens with zero attached hydrogens (tertiary/aromatic N) is 2. The Labute approximate surface area is 245 Å². The molecule has 0 saturated carbocycles. The third kappa shape index (κ3) is 8.21. The number of halogens is 1. The number of ether oxygens (including phenoxy) is 2. The number of hydrogen-bond acceptors (Lipinski definition) is 9. The lowest BCUT2D eigenvalue weighted by molar-refractivity contribution is 0.102. The molecule has 0 spiro atoms. The van der Waals surface area contributed by atoms with Crippen LogP contribution in [0.25, 0.3) is 0 Å². The molecular weight excluding hydrogens is 568 g/mol. The van der Waals surface area contributed by atoms with Gasteiger partial charge in [-0.15, -0.1) is 0 Å². The van der Waals surface area contributed by atoms with Gasteiger partial charge >= 0.3 is 0 Å². The summed E-state index contributed by atoms with van der Waals surface area (Å²) in [7, 11) is -2.21. The molecule has 4 N–H and O–H groups in total. The van der Waals surface area contributed by atoms with E-state index in [1.165, 1.54) is 19.5 Å². The van der Waals surface area contributed by atoms with Gasteiger partial charge in [0.1, 0.15) is 17.9 Å². The monoisotopic (exact) mass is 602 g/mol. The van der Waals surface area contributed by atoms with Crippen molar-refractivity contribution in [2.45, 2.75) is 45.1 Å². The molecule has 3 aromatic rings. The largest absolute Gasteiger partial charge is 0.492 e. The molecule has 0 unspecified atom stereocenters. The maximum absolute atomic E-state index is 13.4. The highest BCUT2D eigenvalue weighted by atomic mass is 35.5. The number of anilines is 3. The third-order valence-electron chi connectivity index (χ3n) is 6.44. The van der Waals surface area contributed by atoms with E-state index in [2.05, 4.69) is 30.6 Å². The third-order valence-corrected chi connectivity index (χ3v) is 7.35. The molecule has 41 heavy (non-hydrogen) atoms. The number of carbonyl (C=O) groups excluding carboxylic acids is 1. The highest BCUT2D eigenvalue weighted by Crippen LogP contribution is 2.39. The first-order valence-electron chi connectivity index (χ1n) is 13.1. The molecule has 2 heterocycles. The number of methoxy groups -OCH3 is 1. The Morgan fingerprint density at radius 1 is 1.07 bits per heavy atom. The Morgan fingerprint density at radius 2 is 1.78 bits per heavy atom. The molecule has 0 radical (unpaired) electrons. The molecule has 1 aliphatic rings. The Morgan fingerprint density at radius 3 is 2.44 bits per heavy atom. The highest BCUT2D eigenvalue weighted by molar-refractivity contribution is 7.92. The predicted octanol–water partition coefficient (Wildman–Crippen LogP) is 5.02. The number of piperidine rings is 1. The van der Waals surface area contributed by atoms with E-state index < -0.39 is 15.9 Å². The summed E-state index contributed by atoms with van der Waals surface area (Å²) in [5, 5.41) is 9.86. The molecule has 2 aromatic carbocycles. The van der Waals surface area contributed by atoms with Crippen LogP contribution in [0.1, 0.15) is 49.5 Å². The van der Waals surface area contributed by atoms with Crippen LogP contribution < -0.4 is 30.1 Å². The van der Waals surface area contributed by atoms with Gasteiger partial charge in [0.15, 0.2) is 5.75 Å². The van der Waals surface area contributed by atoms with E-state index in [1.807, 2.05) is 20.8 Å². The average Bonchev–Trinajstić information content (AvgIpc) is 2.89. The standard InChI is InChI=1S/C28H35ClN6O5S/c1-28(2,3)18-13-21(26(39-4)22(14-18)35-41(5,37)38)34-27(36)17-6-7-20(29)23(12-17)40-25-15-24(31-16-32-25)33-19-8-10-30-11-9-19/h6-7,12-16,19,30,35H,8-11H2,1-5H3,(H,34,36)(H,31,32,33). The van der Waals surface area contributed by atoms with Crippen LogP contribution in [0.2, 0.25) is 5.02 Å². The zero-order valence-corrected chi connectivity index (χ0v) is 25.2. The first-order valence-corrected chi connectivity index (χ1v) is 15.4. The zero-order chi connectivity index (χ0) is 29.8. The van der Waals surface area contributed by atoms with E-state index in [1.54, 1.807) is 30.3 Å². The minimum atomic E-state index is -3.61. The smallest absolute Gasteiger partial charge is 0.255 e. The second-order valence-electron chi connectivity index (χ2n) is 10.8. The molecule has 11 nitrogen and oxygen atoms in total. The molecule has 0 aliphatic carbocycles. The molecule has 0 bridgehead atoms. The number of carbonyl (C=O) groups is 1. The summed E-state index contributed by atoms with van der Waals surface area (Å²) >= 11 is 6.40. The van der Waals surface area contributed by atoms with Crippen molar-refractivity contribution in [2.75, 3.05) is 41.8 Å². The second kappa shape index (κ2) is 12.5. The molecule has 1 fully saturated rings. The molecule has 220 valence electrons. The van der Waals surface area contributed by atoms with Crippen LogP contribution in [0, 0.1) is 0 Å². The summed E-state index contributed by atoms with van der Waals surface area (Å²) in [4.78, 5) is 21.9. The first kappa shape index (κ1) is 30.4. The van der Waals surface area contributed by atoms with Gasteiger partial charge in [-0.25, -0.2) is 18.4 Å². The second-order valence-corrected chi connectivity index (χ2v) is 13.0. The molecule has 1 amide bonds. The van der Waals surface area contributed by atoms with Crippen LogP contribution in [0.4, 0.5) is 17.2 Å². The van der Waals surface area contributed by atoms with Crippen molar-refractivity contribution in [1.29, 1.82) is 0 Å². The van der Waals surface area contributed by atoms with E-state index >= 15 is 0 Å². The first-order chi connectivity index (χ1) is 19.3. The Balaban J connectivity index is 1.58. The van der Waals surface area contributed by atoms with Gasteiger partial charge < -0.3 is 25.4 Å². The lowest BCUT2D eigenvalue weighted by Crippen LogP contribution is -2.35. The normalized spacial score (nSPS) is 14.3. The van der Waals surface area contributed by atoms with Crippen molar-refractivity contribution in [3.05, 3.63) is 58.9 Å². The molecule has 0 atom stereocenters. The van der Waals surface area contributed by atoms with E-state index in [0.717, 1.165) is 37.8 Å². The lowest BCUT2D eigenvalue weighted by Gasteiger charge is -2.24.